The summed E-state index contributed by atoms with van der Waals surface area (Å²) in [5.41, 5.74) is -1.14. The fraction of sp³-hybridized carbons (Fsp3) is 0.444. The second-order valence-electron chi connectivity index (χ2n) is 10.9. The van der Waals surface area contributed by atoms with E-state index in [-0.39, 0.29) is 43.8 Å². The molecule has 2 atom stereocenters. The number of likely N-dealkylation sites (tertiary alicyclic amines) is 2. The van der Waals surface area contributed by atoms with Gasteiger partial charge in [-0.1, -0.05) is 0 Å². The van der Waals surface area contributed by atoms with Crippen LogP contribution >= 0.6 is 31.9 Å². The highest BCUT2D eigenvalue weighted by molar-refractivity contribution is 9.11. The molecule has 2 aromatic rings. The fourth-order valence-corrected chi connectivity index (χ4v) is 7.06. The number of hydrogen-bond acceptors (Lipinski definition) is 9. The number of nitrogens with zero attached hydrogens (tertiary/aromatic N) is 2. The van der Waals surface area contributed by atoms with Crippen LogP contribution in [0.5, 0.6) is 23.0 Å². The third kappa shape index (κ3) is 4.34. The number of Topliss-reactive ketones (excluding diaryl/α,β-unsaturated/α-hetero) is 1. The van der Waals surface area contributed by atoms with E-state index in [4.69, 9.17) is 28.4 Å². The number of fused-ring (bicyclic) bond motifs is 4. The molecule has 4 aliphatic rings. The summed E-state index contributed by atoms with van der Waals surface area (Å²) in [6.45, 7) is 2.49. The normalized spacial score (nSPS) is 28.2. The van der Waals surface area contributed by atoms with Crippen molar-refractivity contribution in [3.05, 3.63) is 44.3 Å². The molecule has 6 rings (SSSR count). The molecule has 0 N–H and O–H groups in total. The predicted molar refractivity (Wildman–Crippen MR) is 145 cm³/mol. The van der Waals surface area contributed by atoms with Crippen molar-refractivity contribution in [3.63, 3.8) is 0 Å². The van der Waals surface area contributed by atoms with Gasteiger partial charge in [0.05, 0.1) is 19.8 Å². The smallest absolute Gasteiger partial charge is 0.360 e. The largest absolute Gasteiger partial charge is 0.428 e. The van der Waals surface area contributed by atoms with Crippen LogP contribution < -0.4 is 18.9 Å². The Balaban J connectivity index is 1.24. The minimum atomic E-state index is -0.958. The predicted octanol–water partition coefficient (Wildman–Crippen LogP) is 3.81. The Morgan fingerprint density at radius 3 is 1.48 bits per heavy atom. The van der Waals surface area contributed by atoms with Crippen molar-refractivity contribution >= 4 is 49.5 Å². The standard InChI is InChI=1S/C27H26Br2N2O9/c1-26-9-30(21(32)13-5-15(28)19-17(7-13)37-24(35-3)39-19)11-27(2,23(26)34)12-31(10-26)22(33)14-6-16(29)20-18(8-14)38-25(36-4)40-20/h5-8,24-25H,9-12H2,1-4H3. The summed E-state index contributed by atoms with van der Waals surface area (Å²) in [6, 6.07) is 6.56. The number of amides is 2. The van der Waals surface area contributed by atoms with Crippen LogP contribution in [-0.2, 0) is 14.3 Å². The van der Waals surface area contributed by atoms with E-state index in [9.17, 15) is 14.4 Å². The van der Waals surface area contributed by atoms with Gasteiger partial charge >= 0.3 is 13.0 Å². The maximum Gasteiger partial charge on any atom is 0.360 e. The highest BCUT2D eigenvalue weighted by Gasteiger charge is 2.57. The average molecular weight is 682 g/mol. The number of ether oxygens (including phenoxy) is 6. The zero-order valence-electron chi connectivity index (χ0n) is 22.1. The number of benzene rings is 2. The first-order valence-corrected chi connectivity index (χ1v) is 14.1. The summed E-state index contributed by atoms with van der Waals surface area (Å²) >= 11 is 6.89. The molecule has 2 bridgehead atoms. The highest BCUT2D eigenvalue weighted by atomic mass is 79.9. The van der Waals surface area contributed by atoms with Crippen LogP contribution in [-0.4, -0.2) is 80.7 Å². The average Bonchev–Trinajstić information content (AvgIpc) is 3.54. The zero-order chi connectivity index (χ0) is 28.6. The molecule has 2 aromatic carbocycles. The first-order chi connectivity index (χ1) is 18.9. The monoisotopic (exact) mass is 680 g/mol. The van der Waals surface area contributed by atoms with Crippen LogP contribution in [0.2, 0.25) is 0 Å². The van der Waals surface area contributed by atoms with Crippen LogP contribution in [0.25, 0.3) is 0 Å². The van der Waals surface area contributed by atoms with Gasteiger partial charge in [0.15, 0.2) is 28.8 Å². The summed E-state index contributed by atoms with van der Waals surface area (Å²) in [5.74, 6) is 1.23. The zero-order valence-corrected chi connectivity index (χ0v) is 25.3. The van der Waals surface area contributed by atoms with E-state index in [1.54, 1.807) is 34.1 Å². The third-order valence-corrected chi connectivity index (χ3v) is 8.78. The van der Waals surface area contributed by atoms with E-state index in [1.165, 1.54) is 14.2 Å². The molecule has 0 radical (unpaired) electrons. The molecule has 0 aliphatic carbocycles. The van der Waals surface area contributed by atoms with Crippen molar-refractivity contribution in [3.8, 4) is 23.0 Å². The van der Waals surface area contributed by atoms with E-state index in [0.29, 0.717) is 43.1 Å². The first kappa shape index (κ1) is 27.3. The molecule has 2 saturated heterocycles. The molecule has 0 saturated carbocycles. The molecule has 4 heterocycles. The number of hydrogen-bond donors (Lipinski definition) is 0. The number of methoxy groups -OCH3 is 2. The number of piperidine rings is 2. The van der Waals surface area contributed by atoms with E-state index in [0.717, 1.165) is 0 Å². The van der Waals surface area contributed by atoms with Gasteiger partial charge in [0.25, 0.3) is 11.8 Å². The molecular weight excluding hydrogens is 656 g/mol. The van der Waals surface area contributed by atoms with Crippen molar-refractivity contribution < 1.29 is 42.8 Å². The Bertz CT molecular complexity index is 1330. The van der Waals surface area contributed by atoms with E-state index in [2.05, 4.69) is 31.9 Å². The Kier molecular flexibility index (Phi) is 6.56. The molecule has 2 fully saturated rings. The fourth-order valence-electron chi connectivity index (χ4n) is 5.99. The van der Waals surface area contributed by atoms with Crippen molar-refractivity contribution in [2.75, 3.05) is 40.4 Å². The van der Waals surface area contributed by atoms with Crippen LogP contribution in [0, 0.1) is 10.8 Å². The summed E-state index contributed by atoms with van der Waals surface area (Å²) < 4.78 is 33.7. The van der Waals surface area contributed by atoms with Gasteiger partial charge < -0.3 is 38.2 Å². The van der Waals surface area contributed by atoms with Crippen molar-refractivity contribution in [2.24, 2.45) is 10.8 Å². The van der Waals surface area contributed by atoms with Gasteiger partial charge in [0.2, 0.25) is 0 Å². The Morgan fingerprint density at radius 2 is 1.12 bits per heavy atom. The summed E-state index contributed by atoms with van der Waals surface area (Å²) in [7, 11) is 2.91. The lowest BCUT2D eigenvalue weighted by Crippen LogP contribution is -2.69. The number of carbonyl (C=O) groups is 3. The van der Waals surface area contributed by atoms with Crippen molar-refractivity contribution in [1.82, 2.24) is 9.80 Å². The lowest BCUT2D eigenvalue weighted by atomic mass is 9.64. The summed E-state index contributed by atoms with van der Waals surface area (Å²) in [4.78, 5) is 44.4. The van der Waals surface area contributed by atoms with Gasteiger partial charge in [-0.05, 0) is 70.0 Å². The molecule has 11 nitrogen and oxygen atoms in total. The van der Waals surface area contributed by atoms with Crippen molar-refractivity contribution in [2.45, 2.75) is 26.8 Å². The minimum Gasteiger partial charge on any atom is -0.428 e. The minimum absolute atomic E-state index is 0.0395. The van der Waals surface area contributed by atoms with Gasteiger partial charge in [-0.15, -0.1) is 0 Å². The van der Waals surface area contributed by atoms with Crippen molar-refractivity contribution in [1.29, 1.82) is 0 Å². The number of carbonyl (C=O) groups excluding carboxylic acids is 3. The van der Waals surface area contributed by atoms with Crippen LogP contribution in [0.3, 0.4) is 0 Å². The molecule has 40 heavy (non-hydrogen) atoms. The van der Waals surface area contributed by atoms with E-state index in [1.807, 2.05) is 13.8 Å². The van der Waals surface area contributed by atoms with Gasteiger partial charge in [-0.2, -0.15) is 0 Å². The van der Waals surface area contributed by atoms with Gasteiger partial charge in [0.1, 0.15) is 0 Å². The maximum atomic E-state index is 13.7. The lowest BCUT2D eigenvalue weighted by Gasteiger charge is -2.55. The quantitative estimate of drug-likeness (QED) is 0.476. The molecule has 2 amide bonds. The van der Waals surface area contributed by atoms with Gasteiger partial charge in [0, 0.05) is 51.5 Å². The van der Waals surface area contributed by atoms with Gasteiger partial charge in [-0.25, -0.2) is 0 Å². The Morgan fingerprint density at radius 1 is 0.750 bits per heavy atom. The van der Waals surface area contributed by atoms with E-state index >= 15 is 0 Å². The molecule has 4 aliphatic heterocycles. The van der Waals surface area contributed by atoms with Crippen LogP contribution in [0.15, 0.2) is 33.2 Å². The Hall–Kier alpha value is -2.87. The molecular formula is C27H26Br2N2O9. The molecule has 2 unspecified atom stereocenters. The summed E-state index contributed by atoms with van der Waals surface area (Å²) in [6.07, 6.45) is 0. The Labute approximate surface area is 246 Å². The van der Waals surface area contributed by atoms with E-state index < -0.39 is 23.8 Å². The molecule has 0 spiro atoms. The lowest BCUT2D eigenvalue weighted by molar-refractivity contribution is -0.158. The van der Waals surface area contributed by atoms with Gasteiger partial charge in [-0.3, -0.25) is 14.4 Å². The maximum absolute atomic E-state index is 13.7. The molecule has 212 valence electrons. The molecule has 0 aromatic heterocycles. The first-order valence-electron chi connectivity index (χ1n) is 12.5. The third-order valence-electron chi connectivity index (χ3n) is 7.60. The second kappa shape index (κ2) is 9.61. The molecule has 13 heteroatoms. The topological polar surface area (TPSA) is 113 Å². The second-order valence-corrected chi connectivity index (χ2v) is 12.6. The summed E-state index contributed by atoms with van der Waals surface area (Å²) in [5, 5.41) is 0. The SMILES string of the molecule is COC1Oc2cc(C(=O)N3CC4(C)CN(C(=O)c5cc(Br)c6c(c5)OC(OC)O6)CC(C)(C3)C4=O)cc(Br)c2O1. The number of ketones is 1. The number of rotatable bonds is 4. The van der Waals surface area contributed by atoms with Crippen LogP contribution in [0.1, 0.15) is 34.6 Å². The van der Waals surface area contributed by atoms with Crippen LogP contribution in [0.4, 0.5) is 0 Å². The highest BCUT2D eigenvalue weighted by Crippen LogP contribution is 2.46. The number of halogens is 2.